The third kappa shape index (κ3) is 8.50. The summed E-state index contributed by atoms with van der Waals surface area (Å²) in [7, 11) is 0. The number of rotatable bonds is 7. The van der Waals surface area contributed by atoms with Crippen molar-refractivity contribution in [2.75, 3.05) is 13.2 Å². The van der Waals surface area contributed by atoms with Crippen LogP contribution in [0.25, 0.3) is 5.32 Å². The van der Waals surface area contributed by atoms with Crippen LogP contribution < -0.4 is 24.2 Å². The summed E-state index contributed by atoms with van der Waals surface area (Å²) in [6.07, 6.45) is 1.72. The normalized spacial score (nSPS) is 21.9. The Bertz CT molecular complexity index is 335. The minimum Gasteiger partial charge on any atom is -0.650 e. The van der Waals surface area contributed by atoms with Gasteiger partial charge in [-0.15, -0.1) is 6.54 Å². The number of nitrogens with one attached hydrogen (secondary N) is 1. The van der Waals surface area contributed by atoms with Gasteiger partial charge in [0.1, 0.15) is 0 Å². The monoisotopic (exact) mass is 290 g/mol. The van der Waals surface area contributed by atoms with Crippen LogP contribution in [0.2, 0.25) is 0 Å². The molecule has 0 aromatic rings. The fraction of sp³-hybridized carbons (Fsp3) is 0.867. The van der Waals surface area contributed by atoms with E-state index in [0.717, 1.165) is 6.42 Å². The van der Waals surface area contributed by atoms with Crippen LogP contribution in [0.3, 0.4) is 0 Å². The molecule has 1 aliphatic heterocycles. The van der Waals surface area contributed by atoms with Gasteiger partial charge in [0.2, 0.25) is 5.91 Å². The first-order valence-electron chi connectivity index (χ1n) is 7.51. The molecule has 0 radical (unpaired) electrons. The molecular formula is C15H27LiN2O3. The largest absolute Gasteiger partial charge is 1.00 e. The van der Waals surface area contributed by atoms with Crippen LogP contribution in [0, 0.1) is 11.8 Å². The molecular weight excluding hydrogens is 263 g/mol. The molecule has 5 nitrogen and oxygen atoms in total. The van der Waals surface area contributed by atoms with E-state index in [1.54, 1.807) is 0 Å². The van der Waals surface area contributed by atoms with E-state index in [1.165, 1.54) is 0 Å². The van der Waals surface area contributed by atoms with Gasteiger partial charge in [-0.1, -0.05) is 40.2 Å². The molecule has 1 amide bonds. The van der Waals surface area contributed by atoms with Crippen molar-refractivity contribution in [1.29, 1.82) is 0 Å². The molecule has 21 heavy (non-hydrogen) atoms. The zero-order valence-electron chi connectivity index (χ0n) is 14.0. The fourth-order valence-electron chi connectivity index (χ4n) is 2.10. The van der Waals surface area contributed by atoms with Gasteiger partial charge in [-0.25, -0.2) is 0 Å². The first-order chi connectivity index (χ1) is 9.38. The zero-order chi connectivity index (χ0) is 15.1. The number of esters is 1. The maximum Gasteiger partial charge on any atom is 1.00 e. The number of ether oxygens (including phenoxy) is 1. The van der Waals surface area contributed by atoms with Gasteiger partial charge in [0, 0.05) is 12.5 Å². The molecule has 1 aliphatic rings. The molecule has 1 heterocycles. The average Bonchev–Trinajstić information content (AvgIpc) is 2.36. The minimum absolute atomic E-state index is 0. The van der Waals surface area contributed by atoms with Gasteiger partial charge >= 0.3 is 24.8 Å². The molecule has 0 bridgehead atoms. The Hall–Kier alpha value is -0.503. The Balaban J connectivity index is 0.00000400. The Kier molecular flexibility index (Phi) is 10.0. The summed E-state index contributed by atoms with van der Waals surface area (Å²) >= 11 is 0. The first kappa shape index (κ1) is 20.5. The van der Waals surface area contributed by atoms with Crippen LogP contribution in [0.1, 0.15) is 47.0 Å². The van der Waals surface area contributed by atoms with Crippen LogP contribution in [0.4, 0.5) is 0 Å². The molecule has 1 saturated heterocycles. The van der Waals surface area contributed by atoms with Gasteiger partial charge in [-0.3, -0.25) is 9.59 Å². The molecule has 0 aliphatic carbocycles. The van der Waals surface area contributed by atoms with Crippen molar-refractivity contribution in [3.8, 4) is 0 Å². The van der Waals surface area contributed by atoms with E-state index in [-0.39, 0.29) is 42.8 Å². The smallest absolute Gasteiger partial charge is 0.650 e. The van der Waals surface area contributed by atoms with Crippen LogP contribution in [0.15, 0.2) is 0 Å². The quantitative estimate of drug-likeness (QED) is 0.496. The van der Waals surface area contributed by atoms with E-state index in [4.69, 9.17) is 4.74 Å². The molecule has 1 fully saturated rings. The van der Waals surface area contributed by atoms with Crippen molar-refractivity contribution in [2.24, 2.45) is 11.8 Å². The van der Waals surface area contributed by atoms with Crippen molar-refractivity contribution in [3.05, 3.63) is 5.32 Å². The maximum atomic E-state index is 11.9. The SMILES string of the molecule is CC(C)COC(=O)CC[C@H]1C[N-][C@H](CC(C)C)C(=O)N1.[Li+]. The van der Waals surface area contributed by atoms with Crippen molar-refractivity contribution < 1.29 is 33.2 Å². The van der Waals surface area contributed by atoms with Gasteiger partial charge in [0.25, 0.3) is 0 Å². The molecule has 0 unspecified atom stereocenters. The number of piperazine rings is 1. The molecule has 1 rings (SSSR count). The summed E-state index contributed by atoms with van der Waals surface area (Å²) in [6.45, 7) is 9.22. The third-order valence-corrected chi connectivity index (χ3v) is 3.16. The second kappa shape index (κ2) is 10.3. The number of hydrogen-bond donors (Lipinski definition) is 1. The summed E-state index contributed by atoms with van der Waals surface area (Å²) in [5.41, 5.74) is 0. The van der Waals surface area contributed by atoms with Gasteiger partial charge in [-0.2, -0.15) is 0 Å². The van der Waals surface area contributed by atoms with Gasteiger partial charge in [0.15, 0.2) is 0 Å². The van der Waals surface area contributed by atoms with Crippen molar-refractivity contribution >= 4 is 11.9 Å². The Morgan fingerprint density at radius 1 is 1.33 bits per heavy atom. The number of amides is 1. The van der Waals surface area contributed by atoms with E-state index in [9.17, 15) is 9.59 Å². The Morgan fingerprint density at radius 2 is 2.00 bits per heavy atom. The molecule has 0 aromatic heterocycles. The third-order valence-electron chi connectivity index (χ3n) is 3.16. The molecule has 0 spiro atoms. The predicted molar refractivity (Wildman–Crippen MR) is 78.4 cm³/mol. The summed E-state index contributed by atoms with van der Waals surface area (Å²) < 4.78 is 5.11. The number of carbonyl (C=O) groups excluding carboxylic acids is 2. The van der Waals surface area contributed by atoms with Crippen LogP contribution in [-0.4, -0.2) is 37.1 Å². The van der Waals surface area contributed by atoms with E-state index >= 15 is 0 Å². The minimum atomic E-state index is -0.223. The average molecular weight is 290 g/mol. The van der Waals surface area contributed by atoms with Gasteiger partial charge in [-0.05, 0) is 18.3 Å². The summed E-state index contributed by atoms with van der Waals surface area (Å²) in [5, 5.41) is 7.37. The van der Waals surface area contributed by atoms with Gasteiger partial charge < -0.3 is 15.4 Å². The van der Waals surface area contributed by atoms with Crippen molar-refractivity contribution in [1.82, 2.24) is 5.32 Å². The standard InChI is InChI=1S/C15H27N2O3.Li/c1-10(2)7-13-15(19)17-12(8-16-13)5-6-14(18)20-9-11(3)4;/h10-13H,5-9H2,1-4H3,(H,17,19);/q-1;+1/t12-,13+;/m0./s1. The molecule has 6 heteroatoms. The van der Waals surface area contributed by atoms with Crippen molar-refractivity contribution in [2.45, 2.75) is 59.0 Å². The van der Waals surface area contributed by atoms with E-state index < -0.39 is 0 Å². The molecule has 0 saturated carbocycles. The number of hydrogen-bond acceptors (Lipinski definition) is 3. The number of carbonyl (C=O) groups is 2. The summed E-state index contributed by atoms with van der Waals surface area (Å²) in [4.78, 5) is 23.4. The zero-order valence-corrected chi connectivity index (χ0v) is 14.0. The van der Waals surface area contributed by atoms with Crippen LogP contribution in [0.5, 0.6) is 0 Å². The first-order valence-corrected chi connectivity index (χ1v) is 7.51. The fourth-order valence-corrected chi connectivity index (χ4v) is 2.10. The molecule has 2 atom stereocenters. The molecule has 0 aromatic carbocycles. The van der Waals surface area contributed by atoms with Crippen molar-refractivity contribution in [3.63, 3.8) is 0 Å². The summed E-state index contributed by atoms with van der Waals surface area (Å²) in [5.74, 6) is 0.597. The van der Waals surface area contributed by atoms with Crippen LogP contribution in [-0.2, 0) is 14.3 Å². The molecule has 1 N–H and O–H groups in total. The topological polar surface area (TPSA) is 69.5 Å². The predicted octanol–water partition coefficient (Wildman–Crippen LogP) is -0.743. The van der Waals surface area contributed by atoms with Gasteiger partial charge in [0.05, 0.1) is 6.61 Å². The van der Waals surface area contributed by atoms with E-state index in [1.807, 2.05) is 13.8 Å². The van der Waals surface area contributed by atoms with E-state index in [2.05, 4.69) is 24.5 Å². The van der Waals surface area contributed by atoms with E-state index in [0.29, 0.717) is 37.8 Å². The second-order valence-corrected chi connectivity index (χ2v) is 6.33. The second-order valence-electron chi connectivity index (χ2n) is 6.33. The Morgan fingerprint density at radius 3 is 2.52 bits per heavy atom. The number of nitrogens with zero attached hydrogens (tertiary/aromatic N) is 1. The van der Waals surface area contributed by atoms with Crippen LogP contribution >= 0.6 is 0 Å². The Labute approximate surface area is 140 Å². The maximum absolute atomic E-state index is 11.9. The molecule has 116 valence electrons. The summed E-state index contributed by atoms with van der Waals surface area (Å²) in [6, 6.07) is -0.253.